The van der Waals surface area contributed by atoms with Crippen LogP contribution < -0.4 is 0 Å². The predicted octanol–water partition coefficient (Wildman–Crippen LogP) is 0.704. The van der Waals surface area contributed by atoms with E-state index < -0.39 is 26.2 Å². The van der Waals surface area contributed by atoms with Crippen LogP contribution >= 0.6 is 0 Å². The Morgan fingerprint density at radius 2 is 1.75 bits per heavy atom. The third-order valence-electron chi connectivity index (χ3n) is 0.958. The molecule has 0 bridgehead atoms. The summed E-state index contributed by atoms with van der Waals surface area (Å²) < 4.78 is 54.6. The zero-order valence-electron chi connectivity index (χ0n) is 6.40. The summed E-state index contributed by atoms with van der Waals surface area (Å²) >= 11 is 0. The van der Waals surface area contributed by atoms with Crippen molar-refractivity contribution in [2.24, 2.45) is 0 Å². The SMILES string of the molecule is CCCCS(=O)(=O)[N-]S(=O)(=O)F. The van der Waals surface area contributed by atoms with Crippen LogP contribution in [0, 0.1) is 0 Å². The van der Waals surface area contributed by atoms with Gasteiger partial charge in [0.2, 0.25) is 10.4 Å². The maximum atomic E-state index is 11.7. The molecule has 0 atom stereocenters. The van der Waals surface area contributed by atoms with Crippen molar-refractivity contribution >= 4 is 20.4 Å². The van der Waals surface area contributed by atoms with Crippen molar-refractivity contribution in [1.82, 2.24) is 0 Å². The van der Waals surface area contributed by atoms with Crippen molar-refractivity contribution in [3.63, 3.8) is 0 Å². The van der Waals surface area contributed by atoms with Crippen molar-refractivity contribution in [3.05, 3.63) is 4.13 Å². The minimum absolute atomic E-state index is 0.265. The second-order valence-electron chi connectivity index (χ2n) is 2.13. The average Bonchev–Trinajstić information content (AvgIpc) is 1.78. The number of sulfonamides is 1. The fourth-order valence-electron chi connectivity index (χ4n) is 0.500. The first-order chi connectivity index (χ1) is 5.27. The van der Waals surface area contributed by atoms with E-state index in [2.05, 4.69) is 4.13 Å². The maximum absolute atomic E-state index is 11.7. The zero-order chi connectivity index (χ0) is 9.83. The van der Waals surface area contributed by atoms with Gasteiger partial charge in [0, 0.05) is 5.75 Å². The third kappa shape index (κ3) is 6.50. The van der Waals surface area contributed by atoms with Gasteiger partial charge in [-0.3, -0.25) is 0 Å². The summed E-state index contributed by atoms with van der Waals surface area (Å²) in [5.41, 5.74) is 0. The second-order valence-corrected chi connectivity index (χ2v) is 5.12. The van der Waals surface area contributed by atoms with Crippen molar-refractivity contribution in [2.45, 2.75) is 19.8 Å². The fourth-order valence-corrected chi connectivity index (χ4v) is 2.54. The largest absolute Gasteiger partial charge is 0.408 e. The summed E-state index contributed by atoms with van der Waals surface area (Å²) in [5, 5.41) is 0. The summed E-state index contributed by atoms with van der Waals surface area (Å²) in [6.07, 6.45) is 0.836. The van der Waals surface area contributed by atoms with Crippen molar-refractivity contribution < 1.29 is 20.7 Å². The third-order valence-corrected chi connectivity index (χ3v) is 3.38. The number of nitrogens with zero attached hydrogens (tertiary/aromatic N) is 1. The van der Waals surface area contributed by atoms with Crippen LogP contribution in [0.3, 0.4) is 0 Å². The van der Waals surface area contributed by atoms with Crippen molar-refractivity contribution in [2.75, 3.05) is 5.75 Å². The summed E-state index contributed by atoms with van der Waals surface area (Å²) in [4.78, 5) is 0. The van der Waals surface area contributed by atoms with Gasteiger partial charge < -0.3 is 4.13 Å². The van der Waals surface area contributed by atoms with Gasteiger partial charge in [0.25, 0.3) is 0 Å². The first kappa shape index (κ1) is 11.8. The number of hydrogen-bond acceptors (Lipinski definition) is 4. The topological polar surface area (TPSA) is 82.4 Å². The van der Waals surface area contributed by atoms with Gasteiger partial charge in [-0.05, 0) is 6.42 Å². The molecule has 0 aromatic rings. The molecule has 0 saturated carbocycles. The highest BCUT2D eigenvalue weighted by Gasteiger charge is 2.04. The molecular formula is C4H9FNO4S2-. The Morgan fingerprint density at radius 1 is 1.25 bits per heavy atom. The molecule has 0 radical (unpaired) electrons. The lowest BCUT2D eigenvalue weighted by molar-refractivity contribution is 0.560. The summed E-state index contributed by atoms with van der Waals surface area (Å²) in [6, 6.07) is 0. The van der Waals surface area contributed by atoms with E-state index in [0.717, 1.165) is 0 Å². The molecule has 0 rings (SSSR count). The van der Waals surface area contributed by atoms with E-state index in [1.807, 2.05) is 0 Å². The molecule has 0 aliphatic carbocycles. The van der Waals surface area contributed by atoms with Crippen LogP contribution in [0.25, 0.3) is 4.13 Å². The fraction of sp³-hybridized carbons (Fsp3) is 1.00. The van der Waals surface area contributed by atoms with E-state index in [1.54, 1.807) is 6.92 Å². The minimum atomic E-state index is -5.28. The molecule has 0 heterocycles. The maximum Gasteiger partial charge on any atom is 0.239 e. The molecule has 0 aliphatic rings. The zero-order valence-corrected chi connectivity index (χ0v) is 8.03. The summed E-state index contributed by atoms with van der Waals surface area (Å²) in [5.74, 6) is -0.438. The smallest absolute Gasteiger partial charge is 0.239 e. The highest BCUT2D eigenvalue weighted by molar-refractivity contribution is 8.10. The van der Waals surface area contributed by atoms with E-state index in [1.165, 1.54) is 0 Å². The molecule has 0 amide bonds. The predicted molar refractivity (Wildman–Crippen MR) is 42.1 cm³/mol. The van der Waals surface area contributed by atoms with E-state index in [-0.39, 0.29) is 6.42 Å². The lowest BCUT2D eigenvalue weighted by Gasteiger charge is -2.13. The molecule has 0 spiro atoms. The van der Waals surface area contributed by atoms with Gasteiger partial charge in [0.1, 0.15) is 0 Å². The van der Waals surface area contributed by atoms with Crippen LogP contribution in [0.2, 0.25) is 0 Å². The molecule has 0 aliphatic heterocycles. The second kappa shape index (κ2) is 4.15. The van der Waals surface area contributed by atoms with Gasteiger partial charge >= 0.3 is 0 Å². The number of hydrogen-bond donors (Lipinski definition) is 0. The highest BCUT2D eigenvalue weighted by Crippen LogP contribution is 2.12. The Hall–Kier alpha value is -0.210. The van der Waals surface area contributed by atoms with Gasteiger partial charge in [-0.1, -0.05) is 13.3 Å². The quantitative estimate of drug-likeness (QED) is 0.636. The van der Waals surface area contributed by atoms with E-state index in [0.29, 0.717) is 6.42 Å². The van der Waals surface area contributed by atoms with Crippen LogP contribution in [0.15, 0.2) is 0 Å². The Bertz CT molecular complexity index is 319. The molecule has 5 nitrogen and oxygen atoms in total. The van der Waals surface area contributed by atoms with Gasteiger partial charge in [0.05, 0.1) is 10.0 Å². The number of unbranched alkanes of at least 4 members (excludes halogenated alkanes) is 1. The molecule has 74 valence electrons. The Morgan fingerprint density at radius 3 is 2.08 bits per heavy atom. The molecule has 8 heteroatoms. The van der Waals surface area contributed by atoms with E-state index in [4.69, 9.17) is 0 Å². The first-order valence-corrected chi connectivity index (χ1v) is 6.13. The van der Waals surface area contributed by atoms with Crippen molar-refractivity contribution in [1.29, 1.82) is 0 Å². The van der Waals surface area contributed by atoms with Crippen LogP contribution in [0.4, 0.5) is 3.89 Å². The number of halogens is 1. The van der Waals surface area contributed by atoms with Crippen molar-refractivity contribution in [3.8, 4) is 0 Å². The first-order valence-electron chi connectivity index (χ1n) is 3.18. The number of rotatable bonds is 5. The molecular weight excluding hydrogens is 209 g/mol. The molecule has 0 N–H and O–H groups in total. The average molecular weight is 218 g/mol. The molecule has 0 unspecified atom stereocenters. The molecule has 12 heavy (non-hydrogen) atoms. The molecule has 0 fully saturated rings. The minimum Gasteiger partial charge on any atom is -0.408 e. The monoisotopic (exact) mass is 218 g/mol. The normalized spacial score (nSPS) is 13.2. The summed E-state index contributed by atoms with van der Waals surface area (Å²) in [7, 11) is -9.41. The summed E-state index contributed by atoms with van der Waals surface area (Å²) in [6.45, 7) is 1.72. The van der Waals surface area contributed by atoms with Crippen LogP contribution in [0.5, 0.6) is 0 Å². The van der Waals surface area contributed by atoms with Gasteiger partial charge in [-0.15, -0.1) is 3.89 Å². The Balaban J connectivity index is 4.26. The van der Waals surface area contributed by atoms with Gasteiger partial charge in [-0.2, -0.15) is 0 Å². The lowest BCUT2D eigenvalue weighted by atomic mass is 10.4. The molecule has 0 aromatic heterocycles. The lowest BCUT2D eigenvalue weighted by Crippen LogP contribution is -2.07. The highest BCUT2D eigenvalue weighted by atomic mass is 32.3. The van der Waals surface area contributed by atoms with Crippen LogP contribution in [0.1, 0.15) is 19.8 Å². The Labute approximate surface area is 71.4 Å². The molecule has 0 saturated heterocycles. The van der Waals surface area contributed by atoms with E-state index in [9.17, 15) is 20.7 Å². The van der Waals surface area contributed by atoms with E-state index >= 15 is 0 Å². The standard InChI is InChI=1S/C4H9FNO4S2/c1-2-3-4-11(7,8)6-12(5,9)10/h2-4H2,1H3/q-1. The van der Waals surface area contributed by atoms with Crippen LogP contribution in [-0.4, -0.2) is 22.6 Å². The Kier molecular flexibility index (Phi) is 4.08. The molecule has 0 aromatic carbocycles. The van der Waals surface area contributed by atoms with Crippen LogP contribution in [-0.2, 0) is 20.4 Å². The van der Waals surface area contributed by atoms with Gasteiger partial charge in [-0.25, -0.2) is 16.8 Å². The van der Waals surface area contributed by atoms with Gasteiger partial charge in [0.15, 0.2) is 0 Å².